The van der Waals surface area contributed by atoms with Crippen LogP contribution in [-0.4, -0.2) is 43.7 Å². The van der Waals surface area contributed by atoms with Crippen molar-refractivity contribution in [2.75, 3.05) is 0 Å². The van der Waals surface area contributed by atoms with E-state index in [9.17, 15) is 4.79 Å². The molecule has 0 atom stereocenters. The van der Waals surface area contributed by atoms with Gasteiger partial charge < -0.3 is 9.11 Å². The predicted molar refractivity (Wildman–Crippen MR) is 120 cm³/mol. The van der Waals surface area contributed by atoms with Crippen LogP contribution in [0.4, 0.5) is 0 Å². The maximum absolute atomic E-state index is 10.5. The van der Waals surface area contributed by atoms with Crippen molar-refractivity contribution in [2.24, 2.45) is 0 Å². The normalized spacial score (nSPS) is 9.44. The minimum Gasteiger partial charge on any atom is -0.759 e. The predicted octanol–water partition coefficient (Wildman–Crippen LogP) is 2.50. The second kappa shape index (κ2) is 14.8. The van der Waals surface area contributed by atoms with Gasteiger partial charge in [-0.05, 0) is 42.5 Å². The number of nitriles is 2. The molecule has 0 aliphatic carbocycles. The first kappa shape index (κ1) is 29.7. The molecule has 0 N–H and O–H groups in total. The van der Waals surface area contributed by atoms with Gasteiger partial charge in [-0.3, -0.25) is 33.1 Å². The van der Waals surface area contributed by atoms with Gasteiger partial charge in [0.05, 0.1) is 28.2 Å². The molecule has 0 spiro atoms. The summed E-state index contributed by atoms with van der Waals surface area (Å²) in [5, 5.41) is 18.0. The van der Waals surface area contributed by atoms with E-state index >= 15 is 0 Å². The maximum Gasteiger partial charge on any atom is 2.00 e. The largest absolute Gasteiger partial charge is 2.00 e. The zero-order valence-electron chi connectivity index (χ0n) is 18.1. The molecule has 0 bridgehead atoms. The topological polar surface area (TPSA) is 196 Å². The Morgan fingerprint density at radius 2 is 1.33 bits per heavy atom. The molecule has 13 heteroatoms. The Balaban J connectivity index is 0.000000311. The number of pyridine rings is 4. The van der Waals surface area contributed by atoms with Gasteiger partial charge in [0.1, 0.15) is 17.8 Å². The van der Waals surface area contributed by atoms with Crippen LogP contribution in [0.5, 0.6) is 0 Å². The molecule has 0 aliphatic heterocycles. The fourth-order valence-corrected chi connectivity index (χ4v) is 2.51. The summed E-state index contributed by atoms with van der Waals surface area (Å²) < 4.78 is 34.1. The molecule has 180 valence electrons. The van der Waals surface area contributed by atoms with E-state index in [1.54, 1.807) is 24.5 Å². The van der Waals surface area contributed by atoms with Gasteiger partial charge in [-0.15, -0.1) is 0 Å². The molecular weight excluding hydrogens is 528 g/mol. The van der Waals surface area contributed by atoms with Crippen LogP contribution in [0.25, 0.3) is 22.8 Å². The summed E-state index contributed by atoms with van der Waals surface area (Å²) in [6.45, 7) is 0. The molecule has 0 radical (unpaired) electrons. The number of hydrogen-bond donors (Lipinski definition) is 0. The molecule has 4 heterocycles. The van der Waals surface area contributed by atoms with Gasteiger partial charge in [0.15, 0.2) is 6.29 Å². The van der Waals surface area contributed by atoms with Crippen molar-refractivity contribution in [1.82, 2.24) is 19.9 Å². The molecule has 0 saturated carbocycles. The smallest absolute Gasteiger partial charge is 0.759 e. The van der Waals surface area contributed by atoms with E-state index in [-0.39, 0.29) is 28.2 Å². The van der Waals surface area contributed by atoms with E-state index in [1.165, 1.54) is 18.5 Å². The zero-order valence-corrected chi connectivity index (χ0v) is 20.0. The molecule has 4 aromatic heterocycles. The minimum atomic E-state index is -5.17. The minimum absolute atomic E-state index is 0. The van der Waals surface area contributed by atoms with Gasteiger partial charge in [-0.25, -0.2) is 0 Å². The molecule has 36 heavy (non-hydrogen) atoms. The average molecular weight is 542 g/mol. The third kappa shape index (κ3) is 9.87. The summed E-state index contributed by atoms with van der Waals surface area (Å²) in [5.74, 6) is 0. The quantitative estimate of drug-likeness (QED) is 0.160. The van der Waals surface area contributed by atoms with Crippen LogP contribution in [0.3, 0.4) is 0 Å². The number of hydrogen-bond acceptors (Lipinski definition) is 11. The summed E-state index contributed by atoms with van der Waals surface area (Å²) in [5.41, 5.74) is 3.50. The number of aromatic nitrogens is 4. The van der Waals surface area contributed by atoms with Crippen molar-refractivity contribution in [2.45, 2.75) is 0 Å². The van der Waals surface area contributed by atoms with E-state index in [0.717, 1.165) is 11.4 Å². The Labute approximate surface area is 217 Å². The Morgan fingerprint density at radius 3 is 1.72 bits per heavy atom. The number of aldehydes is 1. The van der Waals surface area contributed by atoms with Crippen molar-refractivity contribution in [3.05, 3.63) is 96.1 Å². The number of rotatable bonds is 3. The van der Waals surface area contributed by atoms with Gasteiger partial charge in [0.25, 0.3) is 0 Å². The van der Waals surface area contributed by atoms with Crippen LogP contribution in [0.15, 0.2) is 79.4 Å². The van der Waals surface area contributed by atoms with E-state index in [1.807, 2.05) is 48.5 Å². The van der Waals surface area contributed by atoms with Crippen LogP contribution in [0, 0.1) is 22.7 Å². The molecule has 0 unspecified atom stereocenters. The molecular formula is C23H14FeN6O5S. The third-order valence-corrected chi connectivity index (χ3v) is 3.94. The standard InChI is InChI=1S/C13H6N4O.C10H8N2.Fe.H2O4S/c14-5-10-3-4-16-13(11(10)6-15)12-2-1-9(8-18)7-17-12;1-3-7-11-9(5-1)10-6-2-4-8-12-10;;1-5(2,3)4/h1-4,7-8H;1-8H;;(H2,1,2,3,4)/q;;+2;/p-2. The van der Waals surface area contributed by atoms with E-state index in [2.05, 4.69) is 19.9 Å². The molecule has 0 aliphatic rings. The first-order valence-corrected chi connectivity index (χ1v) is 10.8. The van der Waals surface area contributed by atoms with Crippen LogP contribution < -0.4 is 0 Å². The maximum atomic E-state index is 10.5. The number of carbonyl (C=O) groups excluding carboxylic acids is 1. The van der Waals surface area contributed by atoms with Gasteiger partial charge in [0, 0.05) is 40.7 Å². The van der Waals surface area contributed by atoms with Gasteiger partial charge >= 0.3 is 17.1 Å². The van der Waals surface area contributed by atoms with Gasteiger partial charge in [0.2, 0.25) is 0 Å². The first-order valence-electron chi connectivity index (χ1n) is 9.46. The Kier molecular flexibility index (Phi) is 12.2. The second-order valence-electron chi connectivity index (χ2n) is 6.24. The molecule has 11 nitrogen and oxygen atoms in total. The van der Waals surface area contributed by atoms with E-state index in [0.29, 0.717) is 23.2 Å². The van der Waals surface area contributed by atoms with E-state index < -0.39 is 10.4 Å². The van der Waals surface area contributed by atoms with Crippen LogP contribution in [-0.2, 0) is 27.5 Å². The summed E-state index contributed by atoms with van der Waals surface area (Å²) >= 11 is 0. The monoisotopic (exact) mass is 542 g/mol. The Hall–Kier alpha value is -4.36. The van der Waals surface area contributed by atoms with Crippen LogP contribution >= 0.6 is 0 Å². The van der Waals surface area contributed by atoms with E-state index in [4.69, 9.17) is 28.0 Å². The van der Waals surface area contributed by atoms with Gasteiger partial charge in [-0.2, -0.15) is 10.5 Å². The number of nitrogens with zero attached hydrogens (tertiary/aromatic N) is 6. The van der Waals surface area contributed by atoms with Crippen molar-refractivity contribution >= 4 is 16.7 Å². The van der Waals surface area contributed by atoms with Crippen molar-refractivity contribution in [3.8, 4) is 34.9 Å². The second-order valence-corrected chi connectivity index (χ2v) is 7.06. The third-order valence-electron chi connectivity index (χ3n) is 3.94. The Morgan fingerprint density at radius 1 is 0.750 bits per heavy atom. The molecule has 4 rings (SSSR count). The van der Waals surface area contributed by atoms with Crippen molar-refractivity contribution < 1.29 is 39.4 Å². The summed E-state index contributed by atoms with van der Waals surface area (Å²) in [4.78, 5) is 27.0. The summed E-state index contributed by atoms with van der Waals surface area (Å²) in [6.07, 6.45) is 7.06. The molecule has 0 aromatic carbocycles. The fraction of sp³-hybridized carbons (Fsp3) is 0. The Bertz CT molecular complexity index is 1410. The van der Waals surface area contributed by atoms with Gasteiger partial charge in [-0.1, -0.05) is 12.1 Å². The van der Waals surface area contributed by atoms with Crippen molar-refractivity contribution in [1.29, 1.82) is 10.5 Å². The van der Waals surface area contributed by atoms with Crippen LogP contribution in [0.2, 0.25) is 0 Å². The fourth-order valence-electron chi connectivity index (χ4n) is 2.51. The number of carbonyl (C=O) groups is 1. The molecule has 0 saturated heterocycles. The molecule has 4 aromatic rings. The molecule has 0 fully saturated rings. The first-order chi connectivity index (χ1) is 16.8. The molecule has 0 amide bonds. The van der Waals surface area contributed by atoms with Crippen molar-refractivity contribution in [3.63, 3.8) is 0 Å². The van der Waals surface area contributed by atoms with Crippen LogP contribution in [0.1, 0.15) is 21.5 Å². The summed E-state index contributed by atoms with van der Waals surface area (Å²) in [6, 6.07) is 20.1. The SMILES string of the molecule is N#Cc1ccnc(-c2ccc(C=O)cn2)c1C#N.O=S(=O)([O-])[O-].[Fe+2].c1ccc(-c2ccccn2)nc1. The summed E-state index contributed by atoms with van der Waals surface area (Å²) in [7, 11) is -5.17. The zero-order chi connectivity index (χ0) is 25.7. The average Bonchev–Trinajstić information content (AvgIpc) is 2.88.